The molecule has 24 heavy (non-hydrogen) atoms. The third-order valence-electron chi connectivity index (χ3n) is 4.31. The molecule has 0 spiro atoms. The first-order chi connectivity index (χ1) is 10.8. The normalized spacial score (nSPS) is 18.7. The lowest BCUT2D eigenvalue weighted by Gasteiger charge is -2.35. The Bertz CT molecular complexity index is 615. The van der Waals surface area contributed by atoms with Gasteiger partial charge in [0.2, 0.25) is 15.9 Å². The van der Waals surface area contributed by atoms with Crippen LogP contribution in [0.5, 0.6) is 0 Å². The second-order valence-corrected chi connectivity index (χ2v) is 7.85. The largest absolute Gasteiger partial charge is 0.364 e. The van der Waals surface area contributed by atoms with Gasteiger partial charge in [-0.05, 0) is 5.92 Å². The van der Waals surface area contributed by atoms with Crippen LogP contribution in [0, 0.1) is 5.92 Å². The highest BCUT2D eigenvalue weighted by Gasteiger charge is 2.32. The molecule has 0 aliphatic carbocycles. The van der Waals surface area contributed by atoms with Gasteiger partial charge in [-0.1, -0.05) is 25.4 Å². The average Bonchev–Trinajstić information content (AvgIpc) is 3.05. The molecule has 0 bridgehead atoms. The van der Waals surface area contributed by atoms with Gasteiger partial charge in [0.1, 0.15) is 12.0 Å². The first kappa shape index (κ1) is 20.9. The fourth-order valence-corrected chi connectivity index (χ4v) is 3.91. The molecule has 10 heteroatoms. The summed E-state index contributed by atoms with van der Waals surface area (Å²) >= 11 is 0. The van der Waals surface area contributed by atoms with Gasteiger partial charge in [0.15, 0.2) is 0 Å². The number of nitrogens with zero attached hydrogens (tertiary/aromatic N) is 3. The van der Waals surface area contributed by atoms with Crippen molar-refractivity contribution in [3.05, 3.63) is 18.0 Å². The maximum atomic E-state index is 12.3. The highest BCUT2D eigenvalue weighted by molar-refractivity contribution is 7.88. The van der Waals surface area contributed by atoms with Crippen molar-refractivity contribution < 1.29 is 17.7 Å². The Morgan fingerprint density at radius 2 is 2.00 bits per heavy atom. The molecule has 8 nitrogen and oxygen atoms in total. The fraction of sp³-hybridized carbons (Fsp3) is 0.714. The summed E-state index contributed by atoms with van der Waals surface area (Å²) in [6.45, 7) is 5.22. The maximum absolute atomic E-state index is 12.3. The molecule has 0 radical (unpaired) electrons. The van der Waals surface area contributed by atoms with Crippen LogP contribution in [-0.4, -0.2) is 60.9 Å². The van der Waals surface area contributed by atoms with Gasteiger partial charge < -0.3 is 15.2 Å². The van der Waals surface area contributed by atoms with Crippen molar-refractivity contribution in [1.29, 1.82) is 0 Å². The predicted octanol–water partition coefficient (Wildman–Crippen LogP) is 0.444. The summed E-state index contributed by atoms with van der Waals surface area (Å²) in [5.41, 5.74) is 6.35. The molecular formula is C14H25ClN4O4S. The van der Waals surface area contributed by atoms with E-state index in [-0.39, 0.29) is 43.1 Å². The number of hydrogen-bond donors (Lipinski definition) is 1. The lowest BCUT2D eigenvalue weighted by molar-refractivity contribution is -0.134. The van der Waals surface area contributed by atoms with Crippen molar-refractivity contribution in [3.8, 4) is 0 Å². The van der Waals surface area contributed by atoms with Gasteiger partial charge in [0, 0.05) is 32.2 Å². The summed E-state index contributed by atoms with van der Waals surface area (Å²) in [6.07, 6.45) is 2.18. The minimum absolute atomic E-state index is 0. The van der Waals surface area contributed by atoms with E-state index in [9.17, 15) is 13.2 Å². The zero-order valence-electron chi connectivity index (χ0n) is 13.9. The summed E-state index contributed by atoms with van der Waals surface area (Å²) in [5, 5.41) is 3.63. The van der Waals surface area contributed by atoms with Gasteiger partial charge in [0.25, 0.3) is 0 Å². The van der Waals surface area contributed by atoms with Crippen molar-refractivity contribution in [2.24, 2.45) is 11.7 Å². The molecule has 2 unspecified atom stereocenters. The second-order valence-electron chi connectivity index (χ2n) is 5.88. The Morgan fingerprint density at radius 3 is 2.50 bits per heavy atom. The molecule has 1 saturated heterocycles. The highest BCUT2D eigenvalue weighted by Crippen LogP contribution is 2.15. The van der Waals surface area contributed by atoms with Gasteiger partial charge in [-0.15, -0.1) is 12.4 Å². The van der Waals surface area contributed by atoms with Crippen molar-refractivity contribution in [3.63, 3.8) is 0 Å². The number of amides is 1. The third-order valence-corrected chi connectivity index (χ3v) is 6.12. The minimum atomic E-state index is -3.46. The van der Waals surface area contributed by atoms with Crippen LogP contribution in [-0.2, 0) is 20.6 Å². The summed E-state index contributed by atoms with van der Waals surface area (Å²) < 4.78 is 30.7. The van der Waals surface area contributed by atoms with Crippen molar-refractivity contribution >= 4 is 28.3 Å². The van der Waals surface area contributed by atoms with Crippen molar-refractivity contribution in [2.45, 2.75) is 32.1 Å². The molecule has 1 aliphatic rings. The molecule has 2 heterocycles. The number of carbonyl (C=O) groups is 1. The van der Waals surface area contributed by atoms with Crippen LogP contribution in [0.15, 0.2) is 16.9 Å². The van der Waals surface area contributed by atoms with E-state index in [1.54, 1.807) is 4.90 Å². The van der Waals surface area contributed by atoms with E-state index in [0.29, 0.717) is 18.8 Å². The van der Waals surface area contributed by atoms with E-state index in [1.807, 2.05) is 13.8 Å². The number of sulfonamides is 1. The zero-order chi connectivity index (χ0) is 17.0. The summed E-state index contributed by atoms with van der Waals surface area (Å²) in [6, 6.07) is 1.00. The third kappa shape index (κ3) is 4.92. The monoisotopic (exact) mass is 380 g/mol. The van der Waals surface area contributed by atoms with E-state index < -0.39 is 16.1 Å². The first-order valence-electron chi connectivity index (χ1n) is 7.76. The summed E-state index contributed by atoms with van der Waals surface area (Å²) in [5.74, 6) is -0.187. The van der Waals surface area contributed by atoms with Crippen molar-refractivity contribution in [2.75, 3.05) is 26.2 Å². The van der Waals surface area contributed by atoms with Crippen molar-refractivity contribution in [1.82, 2.24) is 14.4 Å². The van der Waals surface area contributed by atoms with Crippen LogP contribution >= 0.6 is 12.4 Å². The van der Waals surface area contributed by atoms with E-state index in [0.717, 1.165) is 6.42 Å². The average molecular weight is 381 g/mol. The Morgan fingerprint density at radius 1 is 1.38 bits per heavy atom. The molecule has 2 atom stereocenters. The summed E-state index contributed by atoms with van der Waals surface area (Å²) in [7, 11) is -3.46. The molecule has 2 N–H and O–H groups in total. The predicted molar refractivity (Wildman–Crippen MR) is 92.0 cm³/mol. The van der Waals surface area contributed by atoms with Gasteiger partial charge >= 0.3 is 0 Å². The second kappa shape index (κ2) is 8.80. The van der Waals surface area contributed by atoms with E-state index >= 15 is 0 Å². The SMILES string of the molecule is CCC(C)C(N)C(=O)N1CCN(S(=O)(=O)Cc2ccon2)CC1.Cl. The molecule has 1 aliphatic heterocycles. The maximum Gasteiger partial charge on any atom is 0.239 e. The van der Waals surface area contributed by atoms with Crippen LogP contribution in [0.1, 0.15) is 26.0 Å². The lowest BCUT2D eigenvalue weighted by Crippen LogP contribution is -2.55. The number of nitrogens with two attached hydrogens (primary N) is 1. The molecule has 2 rings (SSSR count). The molecule has 1 amide bonds. The molecular weight excluding hydrogens is 356 g/mol. The highest BCUT2D eigenvalue weighted by atomic mass is 35.5. The number of halogens is 1. The van der Waals surface area contributed by atoms with E-state index in [4.69, 9.17) is 5.73 Å². The minimum Gasteiger partial charge on any atom is -0.364 e. The van der Waals surface area contributed by atoms with E-state index in [1.165, 1.54) is 16.6 Å². The quantitative estimate of drug-likeness (QED) is 0.766. The number of hydrogen-bond acceptors (Lipinski definition) is 6. The Hall–Kier alpha value is -1.16. The molecule has 0 aromatic carbocycles. The Labute approximate surface area is 148 Å². The molecule has 1 aromatic rings. The van der Waals surface area contributed by atoms with Crippen LogP contribution < -0.4 is 5.73 Å². The number of rotatable bonds is 6. The number of carbonyl (C=O) groups excluding carboxylic acids is 1. The first-order valence-corrected chi connectivity index (χ1v) is 9.37. The number of piperazine rings is 1. The van der Waals surface area contributed by atoms with Gasteiger partial charge in [-0.3, -0.25) is 4.79 Å². The molecule has 1 aromatic heterocycles. The smallest absolute Gasteiger partial charge is 0.239 e. The Balaban J connectivity index is 0.00000288. The topological polar surface area (TPSA) is 110 Å². The molecule has 138 valence electrons. The number of aromatic nitrogens is 1. The van der Waals surface area contributed by atoms with E-state index in [2.05, 4.69) is 9.68 Å². The van der Waals surface area contributed by atoms with Gasteiger partial charge in [0.05, 0.1) is 11.7 Å². The van der Waals surface area contributed by atoms with Gasteiger partial charge in [-0.25, -0.2) is 8.42 Å². The summed E-state index contributed by atoms with van der Waals surface area (Å²) in [4.78, 5) is 14.0. The standard InChI is InChI=1S/C14H24N4O4S.ClH/c1-3-11(2)13(15)14(19)17-5-7-18(8-6-17)23(20,21)10-12-4-9-22-16-12;/h4,9,11,13H,3,5-8,10,15H2,1-2H3;1H. The van der Waals surface area contributed by atoms with Crippen LogP contribution in [0.25, 0.3) is 0 Å². The van der Waals surface area contributed by atoms with Crippen LogP contribution in [0.4, 0.5) is 0 Å². The van der Waals surface area contributed by atoms with Crippen LogP contribution in [0.3, 0.4) is 0 Å². The van der Waals surface area contributed by atoms with Gasteiger partial charge in [-0.2, -0.15) is 4.31 Å². The Kier molecular flexibility index (Phi) is 7.65. The van der Waals surface area contributed by atoms with Crippen LogP contribution in [0.2, 0.25) is 0 Å². The zero-order valence-corrected chi connectivity index (χ0v) is 15.6. The molecule has 1 fully saturated rings. The fourth-order valence-electron chi connectivity index (χ4n) is 2.48. The molecule has 0 saturated carbocycles. The lowest BCUT2D eigenvalue weighted by atomic mass is 9.99.